The molecule has 0 unspecified atom stereocenters. The number of piperidine rings is 1. The molecular weight excluding hydrogens is 284 g/mol. The van der Waals surface area contributed by atoms with E-state index in [1.54, 1.807) is 0 Å². The number of rotatable bonds is 5. The highest BCUT2D eigenvalue weighted by Crippen LogP contribution is 2.26. The number of benzene rings is 1. The molecule has 1 aliphatic rings. The summed E-state index contributed by atoms with van der Waals surface area (Å²) in [6.45, 7) is 8.86. The van der Waals surface area contributed by atoms with Crippen molar-refractivity contribution in [1.82, 2.24) is 9.97 Å². The summed E-state index contributed by atoms with van der Waals surface area (Å²) < 4.78 is 0. The largest absolute Gasteiger partial charge is 0.356 e. The van der Waals surface area contributed by atoms with Crippen molar-refractivity contribution in [2.24, 2.45) is 5.92 Å². The molecule has 1 saturated heterocycles. The van der Waals surface area contributed by atoms with Crippen molar-refractivity contribution < 1.29 is 0 Å². The summed E-state index contributed by atoms with van der Waals surface area (Å²) >= 11 is 0. The lowest BCUT2D eigenvalue weighted by Crippen LogP contribution is -2.33. The first kappa shape index (κ1) is 15.5. The first-order valence-corrected chi connectivity index (χ1v) is 8.30. The fourth-order valence-electron chi connectivity index (χ4n) is 2.83. The second kappa shape index (κ2) is 7.27. The van der Waals surface area contributed by atoms with Crippen LogP contribution in [0.25, 0.3) is 11.3 Å². The lowest BCUT2D eigenvalue weighted by atomic mass is 9.99. The Balaban J connectivity index is 1.93. The first-order chi connectivity index (χ1) is 11.3. The molecule has 1 aromatic heterocycles. The van der Waals surface area contributed by atoms with Crippen molar-refractivity contribution in [2.75, 3.05) is 29.9 Å². The van der Waals surface area contributed by atoms with Crippen LogP contribution in [-0.2, 0) is 0 Å². The molecule has 1 fully saturated rings. The van der Waals surface area contributed by atoms with Crippen LogP contribution in [0.3, 0.4) is 0 Å². The van der Waals surface area contributed by atoms with Gasteiger partial charge in [-0.1, -0.05) is 43.3 Å². The minimum atomic E-state index is 0.661. The van der Waals surface area contributed by atoms with E-state index in [0.717, 1.165) is 36.1 Å². The highest BCUT2D eigenvalue weighted by Gasteiger charge is 2.18. The Hall–Kier alpha value is -2.36. The van der Waals surface area contributed by atoms with Crippen LogP contribution in [-0.4, -0.2) is 29.6 Å². The van der Waals surface area contributed by atoms with Gasteiger partial charge >= 0.3 is 0 Å². The van der Waals surface area contributed by atoms with Gasteiger partial charge in [0, 0.05) is 31.3 Å². The molecule has 1 aliphatic heterocycles. The number of aromatic nitrogens is 2. The van der Waals surface area contributed by atoms with Crippen LogP contribution in [0.4, 0.5) is 11.8 Å². The highest BCUT2D eigenvalue weighted by atomic mass is 15.2. The van der Waals surface area contributed by atoms with Gasteiger partial charge in [0.2, 0.25) is 5.95 Å². The van der Waals surface area contributed by atoms with Crippen LogP contribution >= 0.6 is 0 Å². The van der Waals surface area contributed by atoms with Crippen molar-refractivity contribution >= 4 is 11.8 Å². The number of nitrogens with zero attached hydrogens (tertiary/aromatic N) is 3. The molecule has 0 aliphatic carbocycles. The molecule has 1 N–H and O–H groups in total. The standard InChI is InChI=1S/C19H24N4/c1-3-11-20-19-21-17(16-7-5-4-6-8-16)14-18(22-19)23-12-9-15(2)10-13-23/h3-8,14-15H,1,9-13H2,2H3,(H,20,21,22). The summed E-state index contributed by atoms with van der Waals surface area (Å²) in [6, 6.07) is 12.4. The average molecular weight is 308 g/mol. The van der Waals surface area contributed by atoms with Gasteiger partial charge in [0.15, 0.2) is 0 Å². The molecule has 0 saturated carbocycles. The van der Waals surface area contributed by atoms with Crippen molar-refractivity contribution in [3.8, 4) is 11.3 Å². The van der Waals surface area contributed by atoms with Crippen LogP contribution in [0.2, 0.25) is 0 Å². The van der Waals surface area contributed by atoms with Gasteiger partial charge in [-0.25, -0.2) is 4.98 Å². The second-order valence-corrected chi connectivity index (χ2v) is 6.14. The minimum absolute atomic E-state index is 0.661. The van der Waals surface area contributed by atoms with Crippen molar-refractivity contribution in [3.05, 3.63) is 49.1 Å². The summed E-state index contributed by atoms with van der Waals surface area (Å²) in [6.07, 6.45) is 4.26. The maximum absolute atomic E-state index is 4.70. The normalized spacial score (nSPS) is 15.4. The van der Waals surface area contributed by atoms with E-state index in [2.05, 4.69) is 46.9 Å². The highest BCUT2D eigenvalue weighted by molar-refractivity contribution is 5.64. The molecule has 120 valence electrons. The Morgan fingerprint density at radius 2 is 1.96 bits per heavy atom. The van der Waals surface area contributed by atoms with Crippen LogP contribution in [0.5, 0.6) is 0 Å². The molecular formula is C19H24N4. The van der Waals surface area contributed by atoms with Crippen LogP contribution < -0.4 is 10.2 Å². The van der Waals surface area contributed by atoms with Crippen molar-refractivity contribution in [3.63, 3.8) is 0 Å². The zero-order valence-electron chi connectivity index (χ0n) is 13.7. The van der Waals surface area contributed by atoms with Crippen molar-refractivity contribution in [2.45, 2.75) is 19.8 Å². The smallest absolute Gasteiger partial charge is 0.225 e. The van der Waals surface area contributed by atoms with Crippen LogP contribution in [0.15, 0.2) is 49.1 Å². The second-order valence-electron chi connectivity index (χ2n) is 6.14. The first-order valence-electron chi connectivity index (χ1n) is 8.30. The summed E-state index contributed by atoms with van der Waals surface area (Å²) in [7, 11) is 0. The average Bonchev–Trinajstić information content (AvgIpc) is 2.61. The third-order valence-corrected chi connectivity index (χ3v) is 4.29. The van der Waals surface area contributed by atoms with Gasteiger partial charge in [0.1, 0.15) is 5.82 Å². The topological polar surface area (TPSA) is 41.1 Å². The van der Waals surface area contributed by atoms with Gasteiger partial charge in [0.05, 0.1) is 5.69 Å². The fraction of sp³-hybridized carbons (Fsp3) is 0.368. The maximum Gasteiger partial charge on any atom is 0.225 e. The summed E-state index contributed by atoms with van der Waals surface area (Å²) in [4.78, 5) is 11.7. The Morgan fingerprint density at radius 3 is 2.65 bits per heavy atom. The Morgan fingerprint density at radius 1 is 1.22 bits per heavy atom. The lowest BCUT2D eigenvalue weighted by Gasteiger charge is -2.31. The third kappa shape index (κ3) is 3.89. The van der Waals surface area contributed by atoms with Gasteiger partial charge in [0.25, 0.3) is 0 Å². The van der Waals surface area contributed by atoms with Crippen LogP contribution in [0.1, 0.15) is 19.8 Å². The molecule has 0 bridgehead atoms. The van der Waals surface area contributed by atoms with E-state index in [-0.39, 0.29) is 0 Å². The predicted octanol–water partition coefficient (Wildman–Crippen LogP) is 3.98. The monoisotopic (exact) mass is 308 g/mol. The molecule has 23 heavy (non-hydrogen) atoms. The summed E-state index contributed by atoms with van der Waals surface area (Å²) in [5, 5.41) is 3.23. The minimum Gasteiger partial charge on any atom is -0.356 e. The summed E-state index contributed by atoms with van der Waals surface area (Å²) in [5.41, 5.74) is 2.07. The Kier molecular flexibility index (Phi) is 4.91. The molecule has 4 nitrogen and oxygen atoms in total. The van der Waals surface area contributed by atoms with E-state index >= 15 is 0 Å². The maximum atomic E-state index is 4.70. The molecule has 2 heterocycles. The quantitative estimate of drug-likeness (QED) is 0.848. The van der Waals surface area contributed by atoms with E-state index < -0.39 is 0 Å². The molecule has 0 atom stereocenters. The molecule has 1 aromatic carbocycles. The molecule has 2 aromatic rings. The number of hydrogen-bond acceptors (Lipinski definition) is 4. The van der Waals surface area contributed by atoms with E-state index in [1.165, 1.54) is 12.8 Å². The third-order valence-electron chi connectivity index (χ3n) is 4.29. The fourth-order valence-corrected chi connectivity index (χ4v) is 2.83. The molecule has 0 spiro atoms. The SMILES string of the molecule is C=CCNc1nc(-c2ccccc2)cc(N2CCC(C)CC2)n1. The number of anilines is 2. The Labute approximate surface area is 138 Å². The van der Waals surface area contributed by atoms with E-state index in [0.29, 0.717) is 12.5 Å². The molecule has 0 amide bonds. The van der Waals surface area contributed by atoms with Gasteiger partial charge in [-0.3, -0.25) is 0 Å². The zero-order chi connectivity index (χ0) is 16.1. The molecule has 3 rings (SSSR count). The molecule has 4 heteroatoms. The van der Waals surface area contributed by atoms with Crippen LogP contribution in [0, 0.1) is 5.92 Å². The van der Waals surface area contributed by atoms with E-state index in [9.17, 15) is 0 Å². The van der Waals surface area contributed by atoms with Gasteiger partial charge in [-0.15, -0.1) is 6.58 Å². The van der Waals surface area contributed by atoms with Crippen molar-refractivity contribution in [1.29, 1.82) is 0 Å². The van der Waals surface area contributed by atoms with E-state index in [1.807, 2.05) is 24.3 Å². The van der Waals surface area contributed by atoms with Gasteiger partial charge in [-0.05, 0) is 18.8 Å². The number of nitrogens with one attached hydrogen (secondary N) is 1. The summed E-state index contributed by atoms with van der Waals surface area (Å²) in [5.74, 6) is 2.48. The lowest BCUT2D eigenvalue weighted by molar-refractivity contribution is 0.436. The predicted molar refractivity (Wildman–Crippen MR) is 96.8 cm³/mol. The molecule has 0 radical (unpaired) electrons. The van der Waals surface area contributed by atoms with E-state index in [4.69, 9.17) is 4.98 Å². The van der Waals surface area contributed by atoms with Gasteiger partial charge < -0.3 is 10.2 Å². The zero-order valence-corrected chi connectivity index (χ0v) is 13.7. The number of hydrogen-bond donors (Lipinski definition) is 1. The Bertz CT molecular complexity index is 646. The van der Waals surface area contributed by atoms with Gasteiger partial charge in [-0.2, -0.15) is 4.98 Å².